The zero-order valence-corrected chi connectivity index (χ0v) is 10.5. The van der Waals surface area contributed by atoms with Gasteiger partial charge in [0.05, 0.1) is 11.4 Å². The fourth-order valence-corrected chi connectivity index (χ4v) is 3.67. The lowest BCUT2D eigenvalue weighted by molar-refractivity contribution is 0.579. The molecule has 2 rings (SSSR count). The fourth-order valence-electron chi connectivity index (χ4n) is 1.35. The number of thiophene rings is 1. The summed E-state index contributed by atoms with van der Waals surface area (Å²) in [4.78, 5) is 7.66. The third kappa shape index (κ3) is 2.72. The van der Waals surface area contributed by atoms with E-state index >= 15 is 0 Å². The molecule has 6 nitrogen and oxygen atoms in total. The first-order valence-electron chi connectivity index (χ1n) is 4.88. The molecule has 0 aromatic carbocycles. The number of nitrogens with one attached hydrogen (secondary N) is 2. The quantitative estimate of drug-likeness (QED) is 0.733. The summed E-state index contributed by atoms with van der Waals surface area (Å²) in [6.07, 6.45) is 3.21. The largest absolute Gasteiger partial charge is 0.347 e. The van der Waals surface area contributed by atoms with Crippen LogP contribution in [0.3, 0.4) is 0 Å². The van der Waals surface area contributed by atoms with Crippen LogP contribution < -0.4 is 10.5 Å². The van der Waals surface area contributed by atoms with E-state index in [-0.39, 0.29) is 18.0 Å². The Kier molecular flexibility index (Phi) is 3.57. The van der Waals surface area contributed by atoms with Crippen molar-refractivity contribution in [2.45, 2.75) is 18.0 Å². The molecule has 17 heavy (non-hydrogen) atoms. The van der Waals surface area contributed by atoms with Crippen molar-refractivity contribution >= 4 is 21.4 Å². The minimum Gasteiger partial charge on any atom is -0.347 e. The number of H-pyrrole nitrogens is 1. The molecule has 0 unspecified atom stereocenters. The van der Waals surface area contributed by atoms with Crippen molar-refractivity contribution < 1.29 is 8.42 Å². The first-order valence-corrected chi connectivity index (χ1v) is 7.24. The third-order valence-corrected chi connectivity index (χ3v) is 4.72. The van der Waals surface area contributed by atoms with Crippen LogP contribution >= 0.6 is 11.3 Å². The molecule has 0 spiro atoms. The molecule has 4 N–H and O–H groups in total. The van der Waals surface area contributed by atoms with Gasteiger partial charge in [0, 0.05) is 23.8 Å². The Morgan fingerprint density at radius 3 is 3.00 bits per heavy atom. The zero-order valence-electron chi connectivity index (χ0n) is 8.88. The van der Waals surface area contributed by atoms with E-state index < -0.39 is 10.0 Å². The average molecular weight is 272 g/mol. The minimum absolute atomic E-state index is 0.134. The number of imidazole rings is 1. The van der Waals surface area contributed by atoms with Crippen LogP contribution in [0, 0.1) is 0 Å². The summed E-state index contributed by atoms with van der Waals surface area (Å²) >= 11 is 1.33. The second kappa shape index (κ2) is 4.96. The third-order valence-electron chi connectivity index (χ3n) is 2.16. The first-order chi connectivity index (χ1) is 8.13. The molecule has 2 aromatic heterocycles. The van der Waals surface area contributed by atoms with Crippen LogP contribution in [0.2, 0.25) is 0 Å². The average Bonchev–Trinajstić information content (AvgIpc) is 2.97. The standard InChI is InChI=1S/C9H12N4O2S2/c10-5-7-8(1-4-16-7)17(14,15)13-6-9-11-2-3-12-9/h1-4,13H,5-6,10H2,(H,11,12). The molecule has 2 aromatic rings. The number of aromatic nitrogens is 2. The van der Waals surface area contributed by atoms with E-state index in [2.05, 4.69) is 14.7 Å². The highest BCUT2D eigenvalue weighted by molar-refractivity contribution is 7.89. The summed E-state index contributed by atoms with van der Waals surface area (Å²) in [5.74, 6) is 0.568. The SMILES string of the molecule is NCc1sccc1S(=O)(=O)NCc1ncc[nH]1. The van der Waals surface area contributed by atoms with Gasteiger partial charge in [0.1, 0.15) is 5.82 Å². The van der Waals surface area contributed by atoms with Crippen molar-refractivity contribution in [1.29, 1.82) is 0 Å². The second-order valence-corrected chi connectivity index (χ2v) is 6.01. The molecule has 0 saturated carbocycles. The monoisotopic (exact) mass is 272 g/mol. The summed E-state index contributed by atoms with van der Waals surface area (Å²) < 4.78 is 26.4. The lowest BCUT2D eigenvalue weighted by Gasteiger charge is -2.05. The van der Waals surface area contributed by atoms with Gasteiger partial charge in [-0.1, -0.05) is 0 Å². The van der Waals surface area contributed by atoms with E-state index in [1.54, 1.807) is 23.8 Å². The van der Waals surface area contributed by atoms with Crippen LogP contribution in [-0.2, 0) is 23.1 Å². The van der Waals surface area contributed by atoms with E-state index in [1.807, 2.05) is 0 Å². The molecule has 0 fully saturated rings. The van der Waals surface area contributed by atoms with Gasteiger partial charge in [-0.2, -0.15) is 0 Å². The van der Waals surface area contributed by atoms with Crippen molar-refractivity contribution in [2.75, 3.05) is 0 Å². The number of nitrogens with two attached hydrogens (primary N) is 1. The molecule has 0 amide bonds. The predicted octanol–water partition coefficient (Wildman–Crippen LogP) is 0.408. The maximum absolute atomic E-state index is 12.0. The lowest BCUT2D eigenvalue weighted by atomic mass is 10.5. The van der Waals surface area contributed by atoms with Gasteiger partial charge in [0.15, 0.2) is 0 Å². The lowest BCUT2D eigenvalue weighted by Crippen LogP contribution is -2.24. The van der Waals surface area contributed by atoms with Gasteiger partial charge in [-0.05, 0) is 11.4 Å². The number of hydrogen-bond acceptors (Lipinski definition) is 5. The Morgan fingerprint density at radius 2 is 2.35 bits per heavy atom. The Morgan fingerprint density at radius 1 is 1.53 bits per heavy atom. The Labute approximate surface area is 103 Å². The summed E-state index contributed by atoms with van der Waals surface area (Å²) in [6.45, 7) is 0.351. The van der Waals surface area contributed by atoms with Crippen LogP contribution in [0.15, 0.2) is 28.7 Å². The number of hydrogen-bond donors (Lipinski definition) is 3. The van der Waals surface area contributed by atoms with E-state index in [0.717, 1.165) is 0 Å². The van der Waals surface area contributed by atoms with E-state index in [0.29, 0.717) is 10.7 Å². The summed E-state index contributed by atoms with van der Waals surface area (Å²) in [5.41, 5.74) is 5.48. The number of sulfonamides is 1. The van der Waals surface area contributed by atoms with Gasteiger partial charge < -0.3 is 10.7 Å². The van der Waals surface area contributed by atoms with Gasteiger partial charge in [-0.25, -0.2) is 18.1 Å². The molecule has 0 aliphatic carbocycles. The van der Waals surface area contributed by atoms with Crippen LogP contribution in [0.25, 0.3) is 0 Å². The highest BCUT2D eigenvalue weighted by Gasteiger charge is 2.18. The van der Waals surface area contributed by atoms with Crippen LogP contribution in [0.1, 0.15) is 10.7 Å². The van der Waals surface area contributed by atoms with E-state index in [1.165, 1.54) is 11.3 Å². The molecule has 0 aliphatic heterocycles. The van der Waals surface area contributed by atoms with Gasteiger partial charge >= 0.3 is 0 Å². The Bertz CT molecular complexity index is 574. The molecule has 0 aliphatic rings. The topological polar surface area (TPSA) is 101 Å². The fraction of sp³-hybridized carbons (Fsp3) is 0.222. The van der Waals surface area contributed by atoms with Crippen molar-refractivity contribution in [2.24, 2.45) is 5.73 Å². The maximum Gasteiger partial charge on any atom is 0.242 e. The first kappa shape index (κ1) is 12.2. The van der Waals surface area contributed by atoms with Crippen LogP contribution in [-0.4, -0.2) is 18.4 Å². The van der Waals surface area contributed by atoms with Gasteiger partial charge in [0.2, 0.25) is 10.0 Å². The van der Waals surface area contributed by atoms with Crippen molar-refractivity contribution in [3.05, 3.63) is 34.5 Å². The smallest absolute Gasteiger partial charge is 0.242 e. The number of aromatic amines is 1. The van der Waals surface area contributed by atoms with Gasteiger partial charge in [-0.15, -0.1) is 11.3 Å². The predicted molar refractivity (Wildman–Crippen MR) is 64.8 cm³/mol. The molecule has 0 saturated heterocycles. The molecule has 92 valence electrons. The highest BCUT2D eigenvalue weighted by atomic mass is 32.2. The molecular formula is C9H12N4O2S2. The molecular weight excluding hydrogens is 260 g/mol. The Balaban J connectivity index is 2.14. The van der Waals surface area contributed by atoms with Crippen LogP contribution in [0.4, 0.5) is 0 Å². The molecule has 8 heteroatoms. The normalized spacial score (nSPS) is 11.8. The molecule has 2 heterocycles. The minimum atomic E-state index is -3.52. The van der Waals surface area contributed by atoms with Crippen LogP contribution in [0.5, 0.6) is 0 Å². The van der Waals surface area contributed by atoms with Gasteiger partial charge in [-0.3, -0.25) is 0 Å². The summed E-state index contributed by atoms with van der Waals surface area (Å²) in [6, 6.07) is 1.55. The second-order valence-electron chi connectivity index (χ2n) is 3.27. The van der Waals surface area contributed by atoms with E-state index in [4.69, 9.17) is 5.73 Å². The summed E-state index contributed by atoms with van der Waals surface area (Å²) in [5, 5.41) is 1.71. The molecule has 0 radical (unpaired) electrons. The summed E-state index contributed by atoms with van der Waals surface area (Å²) in [7, 11) is -3.52. The van der Waals surface area contributed by atoms with E-state index in [9.17, 15) is 8.42 Å². The molecule has 0 bridgehead atoms. The van der Waals surface area contributed by atoms with Gasteiger partial charge in [0.25, 0.3) is 0 Å². The van der Waals surface area contributed by atoms with Crippen molar-refractivity contribution in [3.63, 3.8) is 0 Å². The maximum atomic E-state index is 12.0. The zero-order chi connectivity index (χ0) is 12.3. The van der Waals surface area contributed by atoms with Crippen molar-refractivity contribution in [1.82, 2.24) is 14.7 Å². The number of nitrogens with zero attached hydrogens (tertiary/aromatic N) is 1. The molecule has 0 atom stereocenters. The Hall–Kier alpha value is -1.22. The highest BCUT2D eigenvalue weighted by Crippen LogP contribution is 2.21. The van der Waals surface area contributed by atoms with Crippen molar-refractivity contribution in [3.8, 4) is 0 Å². The number of rotatable bonds is 5.